The number of amides is 3. The van der Waals surface area contributed by atoms with Crippen LogP contribution in [0.15, 0.2) is 42.5 Å². The molecule has 1 atom stereocenters. The van der Waals surface area contributed by atoms with E-state index in [1.165, 1.54) is 31.2 Å². The Balaban J connectivity index is 1.60. The number of imide groups is 1. The van der Waals surface area contributed by atoms with Crippen LogP contribution < -0.4 is 5.32 Å². The molecule has 2 aromatic rings. The molecule has 1 heterocycles. The fourth-order valence-corrected chi connectivity index (χ4v) is 2.83. The number of nitrogens with zero attached hydrogens (tertiary/aromatic N) is 1. The molecule has 2 aromatic carbocycles. The largest absolute Gasteiger partial charge is 0.454 e. The molecule has 0 aromatic heterocycles. The summed E-state index contributed by atoms with van der Waals surface area (Å²) in [6.07, 6.45) is 0. The highest BCUT2D eigenvalue weighted by Crippen LogP contribution is 2.24. The van der Waals surface area contributed by atoms with Crippen LogP contribution in [0.3, 0.4) is 0 Å². The second-order valence-electron chi connectivity index (χ2n) is 6.34. The van der Waals surface area contributed by atoms with Crippen LogP contribution in [0, 0.1) is 12.7 Å². The van der Waals surface area contributed by atoms with Gasteiger partial charge in [0.2, 0.25) is 0 Å². The fourth-order valence-electron chi connectivity index (χ4n) is 2.83. The number of ether oxygens (including phenoxy) is 1. The third kappa shape index (κ3) is 3.62. The van der Waals surface area contributed by atoms with Gasteiger partial charge in [-0.25, -0.2) is 9.18 Å². The molecular formula is C20H17FN2O5. The van der Waals surface area contributed by atoms with E-state index in [0.717, 1.165) is 4.90 Å². The smallest absolute Gasteiger partial charge is 0.329 e. The van der Waals surface area contributed by atoms with Crippen LogP contribution in [0.5, 0.6) is 0 Å². The summed E-state index contributed by atoms with van der Waals surface area (Å²) in [7, 11) is 0. The summed E-state index contributed by atoms with van der Waals surface area (Å²) in [5, 5.41) is 2.29. The first-order chi connectivity index (χ1) is 13.3. The standard InChI is InChI=1S/C20H17FN2O5/c1-11-7-8-16(15(21)9-11)22-17(24)10-28-20(27)12(2)23-18(25)13-5-3-4-6-14(13)19(23)26/h3-9,12H,10H2,1-2H3,(H,22,24)/t12-/m1/s1. The van der Waals surface area contributed by atoms with E-state index in [2.05, 4.69) is 5.32 Å². The summed E-state index contributed by atoms with van der Waals surface area (Å²) in [5.41, 5.74) is 1.07. The molecule has 1 aliphatic heterocycles. The van der Waals surface area contributed by atoms with E-state index in [1.54, 1.807) is 25.1 Å². The molecule has 8 heteroatoms. The van der Waals surface area contributed by atoms with Crippen molar-refractivity contribution < 1.29 is 28.3 Å². The van der Waals surface area contributed by atoms with Crippen molar-refractivity contribution in [3.05, 3.63) is 65.0 Å². The van der Waals surface area contributed by atoms with Crippen LogP contribution in [-0.2, 0) is 14.3 Å². The van der Waals surface area contributed by atoms with E-state index in [-0.39, 0.29) is 16.8 Å². The van der Waals surface area contributed by atoms with Crippen molar-refractivity contribution in [1.29, 1.82) is 0 Å². The predicted octanol–water partition coefficient (Wildman–Crippen LogP) is 2.30. The number of esters is 1. The van der Waals surface area contributed by atoms with Gasteiger partial charge in [0.15, 0.2) is 6.61 Å². The molecule has 1 N–H and O–H groups in total. The number of nitrogens with one attached hydrogen (secondary N) is 1. The van der Waals surface area contributed by atoms with E-state index in [4.69, 9.17) is 4.74 Å². The maximum atomic E-state index is 13.8. The maximum absolute atomic E-state index is 13.8. The van der Waals surface area contributed by atoms with Crippen molar-refractivity contribution >= 4 is 29.4 Å². The van der Waals surface area contributed by atoms with Crippen LogP contribution in [-0.4, -0.2) is 41.2 Å². The molecule has 1 aliphatic rings. The van der Waals surface area contributed by atoms with Crippen molar-refractivity contribution in [3.63, 3.8) is 0 Å². The molecule has 0 fully saturated rings. The second-order valence-corrected chi connectivity index (χ2v) is 6.34. The van der Waals surface area contributed by atoms with E-state index >= 15 is 0 Å². The predicted molar refractivity (Wildman–Crippen MR) is 97.1 cm³/mol. The Morgan fingerprint density at radius 1 is 1.11 bits per heavy atom. The average Bonchev–Trinajstić information content (AvgIpc) is 2.92. The van der Waals surface area contributed by atoms with Gasteiger partial charge in [-0.1, -0.05) is 18.2 Å². The molecule has 7 nitrogen and oxygen atoms in total. The van der Waals surface area contributed by atoms with Gasteiger partial charge in [-0.15, -0.1) is 0 Å². The first kappa shape index (κ1) is 19.2. The van der Waals surface area contributed by atoms with Crippen LogP contribution >= 0.6 is 0 Å². The van der Waals surface area contributed by atoms with Crippen LogP contribution in [0.4, 0.5) is 10.1 Å². The Morgan fingerprint density at radius 3 is 2.29 bits per heavy atom. The molecule has 0 radical (unpaired) electrons. The molecule has 0 unspecified atom stereocenters. The molecule has 0 spiro atoms. The number of fused-ring (bicyclic) bond motifs is 1. The van der Waals surface area contributed by atoms with Crippen LogP contribution in [0.25, 0.3) is 0 Å². The minimum Gasteiger partial charge on any atom is -0.454 e. The van der Waals surface area contributed by atoms with Crippen molar-refractivity contribution in [2.24, 2.45) is 0 Å². The Kier molecular flexibility index (Phi) is 5.21. The summed E-state index contributed by atoms with van der Waals surface area (Å²) < 4.78 is 18.6. The van der Waals surface area contributed by atoms with Gasteiger partial charge in [-0.05, 0) is 43.7 Å². The molecular weight excluding hydrogens is 367 g/mol. The van der Waals surface area contributed by atoms with Gasteiger partial charge in [-0.3, -0.25) is 19.3 Å². The van der Waals surface area contributed by atoms with Crippen molar-refractivity contribution in [2.45, 2.75) is 19.9 Å². The molecule has 3 rings (SSSR count). The average molecular weight is 384 g/mol. The number of carbonyl (C=O) groups excluding carboxylic acids is 4. The summed E-state index contributed by atoms with van der Waals surface area (Å²) >= 11 is 0. The zero-order chi connectivity index (χ0) is 20.4. The Hall–Kier alpha value is -3.55. The zero-order valence-corrected chi connectivity index (χ0v) is 15.2. The third-order valence-electron chi connectivity index (χ3n) is 4.30. The fraction of sp³-hybridized carbons (Fsp3) is 0.200. The van der Waals surface area contributed by atoms with Gasteiger partial charge < -0.3 is 10.1 Å². The molecule has 0 saturated heterocycles. The number of hydrogen-bond acceptors (Lipinski definition) is 5. The molecule has 3 amide bonds. The van der Waals surface area contributed by atoms with E-state index in [0.29, 0.717) is 5.56 Å². The van der Waals surface area contributed by atoms with E-state index in [9.17, 15) is 23.6 Å². The molecule has 0 aliphatic carbocycles. The highest BCUT2D eigenvalue weighted by atomic mass is 19.1. The lowest BCUT2D eigenvalue weighted by Gasteiger charge is -2.20. The molecule has 144 valence electrons. The number of rotatable bonds is 5. The molecule has 28 heavy (non-hydrogen) atoms. The Morgan fingerprint density at radius 2 is 1.71 bits per heavy atom. The lowest BCUT2D eigenvalue weighted by Crippen LogP contribution is -2.44. The number of halogens is 1. The highest BCUT2D eigenvalue weighted by Gasteiger charge is 2.41. The molecule has 0 saturated carbocycles. The second kappa shape index (κ2) is 7.59. The summed E-state index contributed by atoms with van der Waals surface area (Å²) in [6.45, 7) is 2.36. The summed E-state index contributed by atoms with van der Waals surface area (Å²) in [5.74, 6) is -3.48. The normalized spacial score (nSPS) is 13.9. The van der Waals surface area contributed by atoms with Gasteiger partial charge in [0.1, 0.15) is 11.9 Å². The van der Waals surface area contributed by atoms with Gasteiger partial charge in [0.05, 0.1) is 16.8 Å². The number of carbonyl (C=O) groups is 4. The zero-order valence-electron chi connectivity index (χ0n) is 15.2. The summed E-state index contributed by atoms with van der Waals surface area (Å²) in [6, 6.07) is 9.29. The van der Waals surface area contributed by atoms with Gasteiger partial charge >= 0.3 is 5.97 Å². The number of anilines is 1. The Bertz CT molecular complexity index is 953. The molecule has 0 bridgehead atoms. The highest BCUT2D eigenvalue weighted by molar-refractivity contribution is 6.22. The number of hydrogen-bond donors (Lipinski definition) is 1. The van der Waals surface area contributed by atoms with Gasteiger partial charge in [0, 0.05) is 0 Å². The van der Waals surface area contributed by atoms with Crippen molar-refractivity contribution in [1.82, 2.24) is 4.90 Å². The van der Waals surface area contributed by atoms with Crippen molar-refractivity contribution in [2.75, 3.05) is 11.9 Å². The van der Waals surface area contributed by atoms with Crippen LogP contribution in [0.2, 0.25) is 0 Å². The van der Waals surface area contributed by atoms with Gasteiger partial charge in [-0.2, -0.15) is 0 Å². The number of benzene rings is 2. The lowest BCUT2D eigenvalue weighted by molar-refractivity contribution is -0.150. The third-order valence-corrected chi connectivity index (χ3v) is 4.30. The minimum atomic E-state index is -1.21. The van der Waals surface area contributed by atoms with Crippen molar-refractivity contribution in [3.8, 4) is 0 Å². The summed E-state index contributed by atoms with van der Waals surface area (Å²) in [4.78, 5) is 49.7. The monoisotopic (exact) mass is 384 g/mol. The lowest BCUT2D eigenvalue weighted by atomic mass is 10.1. The van der Waals surface area contributed by atoms with Gasteiger partial charge in [0.25, 0.3) is 17.7 Å². The maximum Gasteiger partial charge on any atom is 0.329 e. The van der Waals surface area contributed by atoms with E-state index in [1.807, 2.05) is 0 Å². The van der Waals surface area contributed by atoms with E-state index < -0.39 is 42.2 Å². The number of aryl methyl sites for hydroxylation is 1. The Labute approximate surface area is 160 Å². The quantitative estimate of drug-likeness (QED) is 0.631. The van der Waals surface area contributed by atoms with Crippen LogP contribution in [0.1, 0.15) is 33.2 Å². The SMILES string of the molecule is Cc1ccc(NC(=O)COC(=O)[C@@H](C)N2C(=O)c3ccccc3C2=O)c(F)c1. The minimum absolute atomic E-state index is 0.0416. The topological polar surface area (TPSA) is 92.8 Å². The first-order valence-electron chi connectivity index (χ1n) is 8.49. The first-order valence-corrected chi connectivity index (χ1v) is 8.49.